The summed E-state index contributed by atoms with van der Waals surface area (Å²) in [6, 6.07) is 7.36. The fourth-order valence-corrected chi connectivity index (χ4v) is 2.56. The van der Waals surface area contributed by atoms with Crippen LogP contribution < -0.4 is 5.32 Å². The van der Waals surface area contributed by atoms with E-state index in [1.165, 1.54) is 11.5 Å². The predicted octanol–water partition coefficient (Wildman–Crippen LogP) is 4.27. The standard InChI is InChI=1S/C14H17N3O2S2/c1-14(2,3)19-12(18)15-10-7-5-9(6-8-10)11-16-13(20-4)21-17-11/h5-8H,1-4H3,(H,15,18). The molecule has 21 heavy (non-hydrogen) atoms. The second-order valence-corrected chi connectivity index (χ2v) is 7.10. The molecular formula is C14H17N3O2S2. The minimum Gasteiger partial charge on any atom is -0.444 e. The van der Waals surface area contributed by atoms with E-state index in [1.54, 1.807) is 23.9 Å². The summed E-state index contributed by atoms with van der Waals surface area (Å²) in [5.74, 6) is 0.702. The van der Waals surface area contributed by atoms with Crippen LogP contribution in [0.1, 0.15) is 20.8 Å². The first-order valence-electron chi connectivity index (χ1n) is 6.35. The lowest BCUT2D eigenvalue weighted by Crippen LogP contribution is -2.27. The van der Waals surface area contributed by atoms with Crippen molar-refractivity contribution in [2.45, 2.75) is 30.7 Å². The molecule has 0 radical (unpaired) electrons. The lowest BCUT2D eigenvalue weighted by atomic mass is 10.2. The fraction of sp³-hybridized carbons (Fsp3) is 0.357. The second kappa shape index (κ2) is 6.44. The number of rotatable bonds is 3. The quantitative estimate of drug-likeness (QED) is 0.854. The lowest BCUT2D eigenvalue weighted by molar-refractivity contribution is 0.0636. The zero-order chi connectivity index (χ0) is 15.5. The van der Waals surface area contributed by atoms with Crippen LogP contribution in [0, 0.1) is 0 Å². The molecule has 0 aliphatic heterocycles. The molecule has 0 bridgehead atoms. The monoisotopic (exact) mass is 323 g/mol. The third-order valence-electron chi connectivity index (χ3n) is 2.37. The number of nitrogens with one attached hydrogen (secondary N) is 1. The van der Waals surface area contributed by atoms with Crippen molar-refractivity contribution < 1.29 is 9.53 Å². The summed E-state index contributed by atoms with van der Waals surface area (Å²) in [4.78, 5) is 16.1. The number of hydrogen-bond acceptors (Lipinski definition) is 6. The zero-order valence-electron chi connectivity index (χ0n) is 12.3. The number of amides is 1. The van der Waals surface area contributed by atoms with Gasteiger partial charge in [0, 0.05) is 11.3 Å². The Kier molecular flexibility index (Phi) is 4.84. The van der Waals surface area contributed by atoms with E-state index in [-0.39, 0.29) is 0 Å². The highest BCUT2D eigenvalue weighted by Crippen LogP contribution is 2.24. The molecule has 0 atom stereocenters. The Morgan fingerprint density at radius 1 is 1.29 bits per heavy atom. The minimum atomic E-state index is -0.511. The van der Waals surface area contributed by atoms with Crippen molar-refractivity contribution in [2.24, 2.45) is 0 Å². The Balaban J connectivity index is 2.03. The summed E-state index contributed by atoms with van der Waals surface area (Å²) in [6.07, 6.45) is 1.50. The molecule has 0 unspecified atom stereocenters. The van der Waals surface area contributed by atoms with Crippen LogP contribution in [0.4, 0.5) is 10.5 Å². The predicted molar refractivity (Wildman–Crippen MR) is 87.0 cm³/mol. The highest BCUT2D eigenvalue weighted by Gasteiger charge is 2.16. The fourth-order valence-electron chi connectivity index (χ4n) is 1.53. The van der Waals surface area contributed by atoms with Gasteiger partial charge in [0.2, 0.25) is 0 Å². The molecule has 2 aromatic rings. The number of nitrogens with zero attached hydrogens (tertiary/aromatic N) is 2. The zero-order valence-corrected chi connectivity index (χ0v) is 14.0. The molecule has 0 spiro atoms. The average Bonchev–Trinajstić information content (AvgIpc) is 2.86. The van der Waals surface area contributed by atoms with Crippen LogP contribution >= 0.6 is 23.3 Å². The Morgan fingerprint density at radius 2 is 1.95 bits per heavy atom. The SMILES string of the molecule is CSc1nc(-c2ccc(NC(=O)OC(C)(C)C)cc2)ns1. The number of anilines is 1. The van der Waals surface area contributed by atoms with E-state index in [9.17, 15) is 4.79 Å². The first kappa shape index (κ1) is 15.8. The molecule has 5 nitrogen and oxygen atoms in total. The van der Waals surface area contributed by atoms with Crippen LogP contribution in [0.3, 0.4) is 0 Å². The molecule has 2 rings (SSSR count). The second-order valence-electron chi connectivity index (χ2n) is 5.29. The summed E-state index contributed by atoms with van der Waals surface area (Å²) >= 11 is 2.95. The number of thioether (sulfide) groups is 1. The first-order valence-corrected chi connectivity index (χ1v) is 8.35. The molecule has 0 saturated heterocycles. The van der Waals surface area contributed by atoms with Gasteiger partial charge in [0.1, 0.15) is 5.60 Å². The van der Waals surface area contributed by atoms with Gasteiger partial charge in [-0.1, -0.05) is 11.8 Å². The van der Waals surface area contributed by atoms with E-state index >= 15 is 0 Å². The largest absolute Gasteiger partial charge is 0.444 e. The molecule has 1 heterocycles. The smallest absolute Gasteiger partial charge is 0.412 e. The highest BCUT2D eigenvalue weighted by atomic mass is 32.2. The van der Waals surface area contributed by atoms with Gasteiger partial charge >= 0.3 is 6.09 Å². The van der Waals surface area contributed by atoms with Gasteiger partial charge in [0.15, 0.2) is 10.2 Å². The van der Waals surface area contributed by atoms with Crippen molar-refractivity contribution in [2.75, 3.05) is 11.6 Å². The highest BCUT2D eigenvalue weighted by molar-refractivity contribution is 8.00. The van der Waals surface area contributed by atoms with Gasteiger partial charge in [-0.3, -0.25) is 5.32 Å². The number of ether oxygens (including phenoxy) is 1. The molecule has 0 saturated carbocycles. The van der Waals surface area contributed by atoms with E-state index in [0.717, 1.165) is 9.90 Å². The molecule has 0 aliphatic carbocycles. The Morgan fingerprint density at radius 3 is 2.48 bits per heavy atom. The van der Waals surface area contributed by atoms with Crippen molar-refractivity contribution >= 4 is 35.1 Å². The molecule has 1 N–H and O–H groups in total. The van der Waals surface area contributed by atoms with Crippen molar-refractivity contribution in [3.8, 4) is 11.4 Å². The van der Waals surface area contributed by atoms with Crippen LogP contribution in [0.2, 0.25) is 0 Å². The van der Waals surface area contributed by atoms with Gasteiger partial charge in [-0.05, 0) is 62.8 Å². The molecule has 1 aromatic heterocycles. The van der Waals surface area contributed by atoms with Gasteiger partial charge in [0.05, 0.1) is 0 Å². The van der Waals surface area contributed by atoms with Crippen LogP contribution in [-0.2, 0) is 4.74 Å². The summed E-state index contributed by atoms with van der Waals surface area (Å²) in [5.41, 5.74) is 1.08. The molecular weight excluding hydrogens is 306 g/mol. The number of hydrogen-bond donors (Lipinski definition) is 1. The van der Waals surface area contributed by atoms with Crippen LogP contribution in [0.25, 0.3) is 11.4 Å². The average molecular weight is 323 g/mol. The van der Waals surface area contributed by atoms with Gasteiger partial charge in [-0.25, -0.2) is 9.78 Å². The van der Waals surface area contributed by atoms with E-state index in [4.69, 9.17) is 4.74 Å². The third-order valence-corrected chi connectivity index (χ3v) is 4.05. The summed E-state index contributed by atoms with van der Waals surface area (Å²) in [5, 5.41) is 2.69. The van der Waals surface area contributed by atoms with Crippen LogP contribution in [0.15, 0.2) is 28.6 Å². The molecule has 1 amide bonds. The summed E-state index contributed by atoms with van der Waals surface area (Å²) in [6.45, 7) is 5.48. The maximum atomic E-state index is 11.7. The van der Waals surface area contributed by atoms with Gasteiger partial charge in [-0.15, -0.1) is 0 Å². The van der Waals surface area contributed by atoms with Crippen molar-refractivity contribution in [1.29, 1.82) is 0 Å². The molecule has 1 aromatic carbocycles. The molecule has 112 valence electrons. The number of carbonyl (C=O) groups is 1. The Labute approximate surface area is 132 Å². The lowest BCUT2D eigenvalue weighted by Gasteiger charge is -2.19. The minimum absolute atomic E-state index is 0.466. The van der Waals surface area contributed by atoms with Crippen molar-refractivity contribution in [3.63, 3.8) is 0 Å². The normalized spacial score (nSPS) is 11.2. The van der Waals surface area contributed by atoms with Gasteiger partial charge in [-0.2, -0.15) is 4.37 Å². The number of carbonyl (C=O) groups excluding carboxylic acids is 1. The summed E-state index contributed by atoms with van der Waals surface area (Å²) in [7, 11) is 0. The van der Waals surface area contributed by atoms with Gasteiger partial charge in [0.25, 0.3) is 0 Å². The maximum Gasteiger partial charge on any atom is 0.412 e. The molecule has 0 aliphatic rings. The van der Waals surface area contributed by atoms with E-state index in [1.807, 2.05) is 39.2 Å². The van der Waals surface area contributed by atoms with Crippen LogP contribution in [0.5, 0.6) is 0 Å². The van der Waals surface area contributed by atoms with E-state index < -0.39 is 11.7 Å². The van der Waals surface area contributed by atoms with E-state index in [2.05, 4.69) is 14.7 Å². The Bertz CT molecular complexity index is 618. The van der Waals surface area contributed by atoms with Crippen molar-refractivity contribution in [3.05, 3.63) is 24.3 Å². The maximum absolute atomic E-state index is 11.7. The molecule has 0 fully saturated rings. The molecule has 7 heteroatoms. The van der Waals surface area contributed by atoms with Crippen LogP contribution in [-0.4, -0.2) is 27.3 Å². The van der Waals surface area contributed by atoms with Gasteiger partial charge < -0.3 is 4.74 Å². The summed E-state index contributed by atoms with van der Waals surface area (Å²) < 4.78 is 10.4. The Hall–Kier alpha value is -1.60. The van der Waals surface area contributed by atoms with E-state index in [0.29, 0.717) is 11.5 Å². The number of aromatic nitrogens is 2. The van der Waals surface area contributed by atoms with Crippen molar-refractivity contribution in [1.82, 2.24) is 9.36 Å². The third kappa shape index (κ3) is 4.71. The number of benzene rings is 1. The first-order chi connectivity index (χ1) is 9.87. The topological polar surface area (TPSA) is 64.1 Å².